The van der Waals surface area contributed by atoms with Gasteiger partial charge in [0.25, 0.3) is 0 Å². The number of aromatic nitrogens is 1. The van der Waals surface area contributed by atoms with Gasteiger partial charge in [-0.3, -0.25) is 0 Å². The molecule has 0 aliphatic carbocycles. The predicted molar refractivity (Wildman–Crippen MR) is 101 cm³/mol. The van der Waals surface area contributed by atoms with Crippen LogP contribution in [0.2, 0.25) is 0 Å². The van der Waals surface area contributed by atoms with Crippen molar-refractivity contribution in [2.24, 2.45) is 0 Å². The van der Waals surface area contributed by atoms with E-state index in [1.54, 1.807) is 7.11 Å². The van der Waals surface area contributed by atoms with Crippen molar-refractivity contribution in [3.05, 3.63) is 71.9 Å². The number of rotatable bonds is 9. The molecule has 3 nitrogen and oxygen atoms in total. The highest BCUT2D eigenvalue weighted by Gasteiger charge is 2.08. The molecule has 0 amide bonds. The Morgan fingerprint density at radius 1 is 0.958 bits per heavy atom. The van der Waals surface area contributed by atoms with Crippen LogP contribution in [0.3, 0.4) is 0 Å². The molecular formula is C21H26N2O. The summed E-state index contributed by atoms with van der Waals surface area (Å²) in [5.41, 5.74) is 4.10. The van der Waals surface area contributed by atoms with Gasteiger partial charge in [0.2, 0.25) is 0 Å². The summed E-state index contributed by atoms with van der Waals surface area (Å²) in [5.74, 6) is 0. The first-order valence-corrected chi connectivity index (χ1v) is 8.69. The van der Waals surface area contributed by atoms with Crippen molar-refractivity contribution in [3.8, 4) is 0 Å². The van der Waals surface area contributed by atoms with E-state index in [0.717, 1.165) is 39.1 Å². The first kappa shape index (κ1) is 16.7. The summed E-state index contributed by atoms with van der Waals surface area (Å²) in [6.45, 7) is 3.65. The van der Waals surface area contributed by atoms with Crippen LogP contribution < -0.4 is 5.32 Å². The second-order valence-electron chi connectivity index (χ2n) is 6.13. The van der Waals surface area contributed by atoms with E-state index in [2.05, 4.69) is 70.7 Å². The van der Waals surface area contributed by atoms with Crippen molar-refractivity contribution in [2.75, 3.05) is 26.8 Å². The Morgan fingerprint density at radius 2 is 1.75 bits per heavy atom. The second-order valence-corrected chi connectivity index (χ2v) is 6.13. The first-order chi connectivity index (χ1) is 11.9. The predicted octanol–water partition coefficient (Wildman–Crippen LogP) is 3.86. The van der Waals surface area contributed by atoms with Crippen molar-refractivity contribution in [1.29, 1.82) is 0 Å². The summed E-state index contributed by atoms with van der Waals surface area (Å²) in [5, 5.41) is 4.80. The molecule has 0 atom stereocenters. The normalized spacial score (nSPS) is 11.2. The monoisotopic (exact) mass is 322 g/mol. The first-order valence-electron chi connectivity index (χ1n) is 8.69. The molecule has 2 aromatic carbocycles. The average molecular weight is 322 g/mol. The summed E-state index contributed by atoms with van der Waals surface area (Å²) in [7, 11) is 1.74. The van der Waals surface area contributed by atoms with E-state index in [1.807, 2.05) is 0 Å². The zero-order valence-electron chi connectivity index (χ0n) is 14.4. The van der Waals surface area contributed by atoms with E-state index in [4.69, 9.17) is 4.74 Å². The van der Waals surface area contributed by atoms with Crippen LogP contribution in [0.25, 0.3) is 10.9 Å². The van der Waals surface area contributed by atoms with Gasteiger partial charge in [0.15, 0.2) is 0 Å². The van der Waals surface area contributed by atoms with Gasteiger partial charge in [-0.2, -0.15) is 0 Å². The summed E-state index contributed by atoms with van der Waals surface area (Å²) in [4.78, 5) is 0. The van der Waals surface area contributed by atoms with E-state index in [9.17, 15) is 0 Å². The number of aryl methyl sites for hydroxylation is 1. The van der Waals surface area contributed by atoms with Crippen molar-refractivity contribution >= 4 is 10.9 Å². The molecule has 126 valence electrons. The van der Waals surface area contributed by atoms with E-state index in [0.29, 0.717) is 0 Å². The lowest BCUT2D eigenvalue weighted by molar-refractivity contribution is 0.199. The van der Waals surface area contributed by atoms with Crippen LogP contribution in [-0.2, 0) is 17.7 Å². The van der Waals surface area contributed by atoms with Gasteiger partial charge in [0, 0.05) is 37.3 Å². The zero-order valence-corrected chi connectivity index (χ0v) is 14.4. The van der Waals surface area contributed by atoms with Gasteiger partial charge in [0.05, 0.1) is 6.61 Å². The molecule has 0 spiro atoms. The number of benzene rings is 2. The average Bonchev–Trinajstić information content (AvgIpc) is 2.97. The molecule has 0 saturated heterocycles. The molecule has 0 bridgehead atoms. The summed E-state index contributed by atoms with van der Waals surface area (Å²) in [6, 6.07) is 19.4. The van der Waals surface area contributed by atoms with Gasteiger partial charge in [0.1, 0.15) is 0 Å². The second kappa shape index (κ2) is 8.67. The molecule has 0 fully saturated rings. The van der Waals surface area contributed by atoms with Gasteiger partial charge in [-0.1, -0.05) is 48.5 Å². The number of ether oxygens (including phenoxy) is 1. The van der Waals surface area contributed by atoms with Crippen molar-refractivity contribution in [3.63, 3.8) is 0 Å². The van der Waals surface area contributed by atoms with Gasteiger partial charge < -0.3 is 14.6 Å². The maximum atomic E-state index is 5.06. The standard InChI is InChI=1S/C21H26N2O/c1-24-15-14-22-13-7-10-19-17-23(16-18-8-3-2-4-9-18)21-12-6-5-11-20(19)21/h2-6,8-9,11-12,17,22H,7,10,13-16H2,1H3. The van der Waals surface area contributed by atoms with E-state index in [1.165, 1.54) is 22.0 Å². The number of nitrogens with zero attached hydrogens (tertiary/aromatic N) is 1. The number of para-hydroxylation sites is 1. The van der Waals surface area contributed by atoms with Crippen LogP contribution in [0.15, 0.2) is 60.8 Å². The molecule has 24 heavy (non-hydrogen) atoms. The largest absolute Gasteiger partial charge is 0.383 e. The highest BCUT2D eigenvalue weighted by atomic mass is 16.5. The smallest absolute Gasteiger partial charge is 0.0587 e. The molecule has 1 aromatic heterocycles. The minimum atomic E-state index is 0.774. The number of hydrogen-bond acceptors (Lipinski definition) is 2. The third-order valence-corrected chi connectivity index (χ3v) is 4.35. The third-order valence-electron chi connectivity index (χ3n) is 4.35. The zero-order chi connectivity index (χ0) is 16.6. The van der Waals surface area contributed by atoms with Crippen LogP contribution in [0.5, 0.6) is 0 Å². The fourth-order valence-electron chi connectivity index (χ4n) is 3.14. The number of hydrogen-bond donors (Lipinski definition) is 1. The van der Waals surface area contributed by atoms with E-state index < -0.39 is 0 Å². The Balaban J connectivity index is 1.69. The Hall–Kier alpha value is -2.10. The van der Waals surface area contributed by atoms with Crippen molar-refractivity contribution < 1.29 is 4.74 Å². The molecule has 3 rings (SSSR count). The third kappa shape index (κ3) is 4.25. The summed E-state index contributed by atoms with van der Waals surface area (Å²) in [6.07, 6.45) is 4.57. The van der Waals surface area contributed by atoms with Gasteiger partial charge in [-0.25, -0.2) is 0 Å². The summed E-state index contributed by atoms with van der Waals surface area (Å²) < 4.78 is 7.43. The SMILES string of the molecule is COCCNCCCc1cn(Cc2ccccc2)c2ccccc12. The minimum absolute atomic E-state index is 0.774. The highest BCUT2D eigenvalue weighted by Crippen LogP contribution is 2.23. The van der Waals surface area contributed by atoms with Gasteiger partial charge in [-0.15, -0.1) is 0 Å². The highest BCUT2D eigenvalue weighted by molar-refractivity contribution is 5.84. The maximum absolute atomic E-state index is 5.06. The number of methoxy groups -OCH3 is 1. The van der Waals surface area contributed by atoms with Crippen LogP contribution >= 0.6 is 0 Å². The molecule has 3 aromatic rings. The molecular weight excluding hydrogens is 296 g/mol. The van der Waals surface area contributed by atoms with Crippen LogP contribution in [0.1, 0.15) is 17.5 Å². The number of nitrogens with one attached hydrogen (secondary N) is 1. The topological polar surface area (TPSA) is 26.2 Å². The Kier molecular flexibility index (Phi) is 6.05. The molecule has 0 aliphatic heterocycles. The fraction of sp³-hybridized carbons (Fsp3) is 0.333. The van der Waals surface area contributed by atoms with E-state index >= 15 is 0 Å². The van der Waals surface area contributed by atoms with Gasteiger partial charge >= 0.3 is 0 Å². The Bertz CT molecular complexity index is 749. The molecule has 0 aliphatic rings. The molecule has 0 unspecified atom stereocenters. The minimum Gasteiger partial charge on any atom is -0.383 e. The lowest BCUT2D eigenvalue weighted by atomic mass is 10.1. The molecule has 0 radical (unpaired) electrons. The van der Waals surface area contributed by atoms with Crippen molar-refractivity contribution in [1.82, 2.24) is 9.88 Å². The molecule has 0 saturated carbocycles. The summed E-state index contributed by atoms with van der Waals surface area (Å²) >= 11 is 0. The van der Waals surface area contributed by atoms with Crippen molar-refractivity contribution in [2.45, 2.75) is 19.4 Å². The van der Waals surface area contributed by atoms with Gasteiger partial charge in [-0.05, 0) is 36.6 Å². The quantitative estimate of drug-likeness (QED) is 0.606. The molecule has 3 heteroatoms. The molecule has 1 heterocycles. The van der Waals surface area contributed by atoms with E-state index in [-0.39, 0.29) is 0 Å². The Morgan fingerprint density at radius 3 is 2.58 bits per heavy atom. The van der Waals surface area contributed by atoms with Crippen LogP contribution in [0.4, 0.5) is 0 Å². The Labute approximate surface area is 144 Å². The fourth-order valence-corrected chi connectivity index (χ4v) is 3.14. The molecule has 1 N–H and O–H groups in total. The number of fused-ring (bicyclic) bond motifs is 1. The lowest BCUT2D eigenvalue weighted by Gasteiger charge is -2.05. The van der Waals surface area contributed by atoms with Crippen LogP contribution in [0, 0.1) is 0 Å². The lowest BCUT2D eigenvalue weighted by Crippen LogP contribution is -2.20. The van der Waals surface area contributed by atoms with Crippen LogP contribution in [-0.4, -0.2) is 31.4 Å². The maximum Gasteiger partial charge on any atom is 0.0587 e.